The zero-order valence-corrected chi connectivity index (χ0v) is 10.6. The second kappa shape index (κ2) is 5.73. The summed E-state index contributed by atoms with van der Waals surface area (Å²) in [5, 5.41) is 7.44. The first-order chi connectivity index (χ1) is 8.72. The molecule has 0 aliphatic carbocycles. The van der Waals surface area contributed by atoms with Crippen LogP contribution in [0.25, 0.3) is 5.69 Å². The van der Waals surface area contributed by atoms with Gasteiger partial charge in [0.2, 0.25) is 0 Å². The molecule has 0 aliphatic rings. The van der Waals surface area contributed by atoms with Gasteiger partial charge in [0.05, 0.1) is 5.69 Å². The highest BCUT2D eigenvalue weighted by molar-refractivity contribution is 5.42. The van der Waals surface area contributed by atoms with Crippen molar-refractivity contribution in [1.29, 1.82) is 0 Å². The maximum atomic E-state index is 13.4. The largest absolute Gasteiger partial charge is 0.310 e. The van der Waals surface area contributed by atoms with Gasteiger partial charge in [-0.05, 0) is 43.7 Å². The van der Waals surface area contributed by atoms with Gasteiger partial charge in [0.25, 0.3) is 0 Å². The summed E-state index contributed by atoms with van der Waals surface area (Å²) >= 11 is 0. The topological polar surface area (TPSA) is 42.7 Å². The molecule has 0 amide bonds. The minimum atomic E-state index is -0.237. The molecule has 1 heterocycles. The Morgan fingerprint density at radius 1 is 1.44 bits per heavy atom. The Bertz CT molecular complexity index is 496. The molecule has 2 aromatic rings. The molecule has 0 radical (unpaired) electrons. The summed E-state index contributed by atoms with van der Waals surface area (Å²) < 4.78 is 15.0. The van der Waals surface area contributed by atoms with E-state index in [-0.39, 0.29) is 11.9 Å². The standard InChI is InChI=1S/C13H17FN4/c1-3-6-16-10(2)12-7-11(14)4-5-13(12)18-9-15-8-17-18/h4-5,7-10,16H,3,6H2,1-2H3. The van der Waals surface area contributed by atoms with Crippen molar-refractivity contribution in [3.63, 3.8) is 0 Å². The van der Waals surface area contributed by atoms with Crippen LogP contribution in [0.15, 0.2) is 30.9 Å². The van der Waals surface area contributed by atoms with E-state index in [1.54, 1.807) is 23.1 Å². The van der Waals surface area contributed by atoms with Gasteiger partial charge < -0.3 is 5.32 Å². The van der Waals surface area contributed by atoms with E-state index in [9.17, 15) is 4.39 Å². The zero-order valence-electron chi connectivity index (χ0n) is 10.6. The number of hydrogen-bond acceptors (Lipinski definition) is 3. The molecule has 0 bridgehead atoms. The third kappa shape index (κ3) is 2.73. The van der Waals surface area contributed by atoms with Gasteiger partial charge in [-0.1, -0.05) is 6.92 Å². The molecule has 4 nitrogen and oxygen atoms in total. The van der Waals surface area contributed by atoms with Gasteiger partial charge in [-0.25, -0.2) is 14.1 Å². The minimum Gasteiger partial charge on any atom is -0.310 e. The molecule has 0 saturated carbocycles. The Morgan fingerprint density at radius 3 is 2.94 bits per heavy atom. The van der Waals surface area contributed by atoms with Crippen LogP contribution in [-0.2, 0) is 0 Å². The fourth-order valence-electron chi connectivity index (χ4n) is 1.88. The normalized spacial score (nSPS) is 12.6. The Hall–Kier alpha value is -1.75. The van der Waals surface area contributed by atoms with Gasteiger partial charge in [0.15, 0.2) is 0 Å². The van der Waals surface area contributed by atoms with E-state index in [2.05, 4.69) is 22.3 Å². The molecule has 0 saturated heterocycles. The zero-order chi connectivity index (χ0) is 13.0. The van der Waals surface area contributed by atoms with Gasteiger partial charge in [0, 0.05) is 6.04 Å². The summed E-state index contributed by atoms with van der Waals surface area (Å²) in [5.74, 6) is -0.237. The van der Waals surface area contributed by atoms with E-state index in [0.29, 0.717) is 0 Å². The molecule has 1 aromatic heterocycles. The molecule has 5 heteroatoms. The SMILES string of the molecule is CCCNC(C)c1cc(F)ccc1-n1cncn1. The maximum Gasteiger partial charge on any atom is 0.138 e. The molecular formula is C13H17FN4. The first kappa shape index (κ1) is 12.7. The molecular weight excluding hydrogens is 231 g/mol. The second-order valence-corrected chi connectivity index (χ2v) is 4.22. The predicted octanol–water partition coefficient (Wildman–Crippen LogP) is 2.47. The van der Waals surface area contributed by atoms with Crippen molar-refractivity contribution in [2.75, 3.05) is 6.54 Å². The molecule has 96 valence electrons. The number of halogens is 1. The van der Waals surface area contributed by atoms with Crippen LogP contribution in [0.5, 0.6) is 0 Å². The fraction of sp³-hybridized carbons (Fsp3) is 0.385. The molecule has 1 aromatic carbocycles. The van der Waals surface area contributed by atoms with Crippen LogP contribution in [-0.4, -0.2) is 21.3 Å². The maximum absolute atomic E-state index is 13.4. The summed E-state index contributed by atoms with van der Waals surface area (Å²) in [4.78, 5) is 3.92. The number of aromatic nitrogens is 3. The highest BCUT2D eigenvalue weighted by Gasteiger charge is 2.13. The van der Waals surface area contributed by atoms with Crippen molar-refractivity contribution in [3.8, 4) is 5.69 Å². The number of hydrogen-bond donors (Lipinski definition) is 1. The first-order valence-corrected chi connectivity index (χ1v) is 6.10. The predicted molar refractivity (Wildman–Crippen MR) is 68.0 cm³/mol. The van der Waals surface area contributed by atoms with Crippen molar-refractivity contribution < 1.29 is 4.39 Å². The van der Waals surface area contributed by atoms with E-state index in [1.807, 2.05) is 6.92 Å². The quantitative estimate of drug-likeness (QED) is 0.884. The number of nitrogens with zero attached hydrogens (tertiary/aromatic N) is 3. The summed E-state index contributed by atoms with van der Waals surface area (Å²) in [6.07, 6.45) is 4.12. The first-order valence-electron chi connectivity index (χ1n) is 6.10. The van der Waals surface area contributed by atoms with Crippen molar-refractivity contribution in [2.45, 2.75) is 26.3 Å². The lowest BCUT2D eigenvalue weighted by Crippen LogP contribution is -2.21. The Labute approximate surface area is 106 Å². The van der Waals surface area contributed by atoms with Crippen LogP contribution in [0.3, 0.4) is 0 Å². The van der Waals surface area contributed by atoms with Crippen LogP contribution >= 0.6 is 0 Å². The van der Waals surface area contributed by atoms with E-state index in [1.165, 1.54) is 12.4 Å². The van der Waals surface area contributed by atoms with Crippen molar-refractivity contribution in [3.05, 3.63) is 42.2 Å². The Balaban J connectivity index is 2.35. The van der Waals surface area contributed by atoms with Gasteiger partial charge in [-0.3, -0.25) is 0 Å². The fourth-order valence-corrected chi connectivity index (χ4v) is 1.88. The average molecular weight is 248 g/mol. The van der Waals surface area contributed by atoms with E-state index < -0.39 is 0 Å². The van der Waals surface area contributed by atoms with E-state index in [0.717, 1.165) is 24.2 Å². The van der Waals surface area contributed by atoms with Gasteiger partial charge in [-0.2, -0.15) is 5.10 Å². The number of benzene rings is 1. The molecule has 0 aliphatic heterocycles. The Morgan fingerprint density at radius 2 is 2.28 bits per heavy atom. The van der Waals surface area contributed by atoms with Crippen molar-refractivity contribution in [2.24, 2.45) is 0 Å². The highest BCUT2D eigenvalue weighted by atomic mass is 19.1. The second-order valence-electron chi connectivity index (χ2n) is 4.22. The summed E-state index contributed by atoms with van der Waals surface area (Å²) in [7, 11) is 0. The number of rotatable bonds is 5. The molecule has 1 unspecified atom stereocenters. The van der Waals surface area contributed by atoms with Crippen LogP contribution in [0.4, 0.5) is 4.39 Å². The molecule has 18 heavy (non-hydrogen) atoms. The van der Waals surface area contributed by atoms with Crippen LogP contribution in [0, 0.1) is 5.82 Å². The van der Waals surface area contributed by atoms with Crippen molar-refractivity contribution in [1.82, 2.24) is 20.1 Å². The lowest BCUT2D eigenvalue weighted by Gasteiger charge is -2.17. The summed E-state index contributed by atoms with van der Waals surface area (Å²) in [6.45, 7) is 5.02. The van der Waals surface area contributed by atoms with E-state index in [4.69, 9.17) is 0 Å². The Kier molecular flexibility index (Phi) is 4.04. The molecule has 0 fully saturated rings. The number of nitrogens with one attached hydrogen (secondary N) is 1. The molecule has 2 rings (SSSR count). The summed E-state index contributed by atoms with van der Waals surface area (Å²) in [6, 6.07) is 4.78. The third-order valence-corrected chi connectivity index (χ3v) is 2.82. The van der Waals surface area contributed by atoms with Gasteiger partial charge in [0.1, 0.15) is 18.5 Å². The smallest absolute Gasteiger partial charge is 0.138 e. The summed E-state index contributed by atoms with van der Waals surface area (Å²) in [5.41, 5.74) is 1.74. The van der Waals surface area contributed by atoms with Crippen LogP contribution in [0.1, 0.15) is 31.9 Å². The lowest BCUT2D eigenvalue weighted by molar-refractivity contribution is 0.558. The van der Waals surface area contributed by atoms with Crippen LogP contribution in [0.2, 0.25) is 0 Å². The highest BCUT2D eigenvalue weighted by Crippen LogP contribution is 2.22. The van der Waals surface area contributed by atoms with Crippen molar-refractivity contribution >= 4 is 0 Å². The van der Waals surface area contributed by atoms with Gasteiger partial charge in [-0.15, -0.1) is 0 Å². The minimum absolute atomic E-state index is 0.0693. The van der Waals surface area contributed by atoms with Gasteiger partial charge >= 0.3 is 0 Å². The lowest BCUT2D eigenvalue weighted by atomic mass is 10.1. The third-order valence-electron chi connectivity index (χ3n) is 2.82. The molecule has 0 spiro atoms. The molecule has 1 N–H and O–H groups in total. The monoisotopic (exact) mass is 248 g/mol. The van der Waals surface area contributed by atoms with Crippen LogP contribution < -0.4 is 5.32 Å². The average Bonchev–Trinajstić information content (AvgIpc) is 2.89. The molecule has 1 atom stereocenters. The van der Waals surface area contributed by atoms with E-state index >= 15 is 0 Å².